The van der Waals surface area contributed by atoms with Crippen LogP contribution in [-0.2, 0) is 0 Å². The van der Waals surface area contributed by atoms with E-state index in [1.54, 1.807) is 0 Å². The number of nitrogens with zero attached hydrogens (tertiary/aromatic N) is 2. The van der Waals surface area contributed by atoms with Gasteiger partial charge in [-0.1, -0.05) is 31.1 Å². The molecule has 1 N–H and O–H groups in total. The van der Waals surface area contributed by atoms with E-state index in [9.17, 15) is 0 Å². The van der Waals surface area contributed by atoms with Gasteiger partial charge >= 0.3 is 0 Å². The first kappa shape index (κ1) is 12.6. The molecule has 0 heterocycles. The van der Waals surface area contributed by atoms with Gasteiger partial charge in [-0.05, 0) is 30.5 Å². The second-order valence-corrected chi connectivity index (χ2v) is 3.82. The molecule has 0 atom stereocenters. The normalized spacial score (nSPS) is 10.9. The van der Waals surface area contributed by atoms with Crippen LogP contribution in [0.5, 0.6) is 0 Å². The second-order valence-electron chi connectivity index (χ2n) is 3.82. The van der Waals surface area contributed by atoms with Crippen molar-refractivity contribution in [2.45, 2.75) is 26.7 Å². The maximum Gasteiger partial charge on any atom is 0.0733 e. The Hall–Kier alpha value is -1.51. The van der Waals surface area contributed by atoms with Crippen LogP contribution in [0.3, 0.4) is 0 Å². The van der Waals surface area contributed by atoms with E-state index >= 15 is 0 Å². The van der Waals surface area contributed by atoms with Crippen molar-refractivity contribution in [2.24, 2.45) is 5.16 Å². The molecule has 0 saturated heterocycles. The quantitative estimate of drug-likeness (QED) is 0.454. The topological polar surface area (TPSA) is 35.8 Å². The second kappa shape index (κ2) is 6.88. The molecule has 0 bridgehead atoms. The summed E-state index contributed by atoms with van der Waals surface area (Å²) in [5.74, 6) is 0. The molecule has 1 aromatic carbocycles. The third kappa shape index (κ3) is 3.57. The van der Waals surface area contributed by atoms with Crippen LogP contribution in [0.1, 0.15) is 32.3 Å². The molecule has 0 unspecified atom stereocenters. The largest absolute Gasteiger partial charge is 0.411 e. The van der Waals surface area contributed by atoms with E-state index < -0.39 is 0 Å². The lowest BCUT2D eigenvalue weighted by atomic mass is 10.2. The Morgan fingerprint density at radius 1 is 1.12 bits per heavy atom. The Morgan fingerprint density at radius 3 is 2.12 bits per heavy atom. The van der Waals surface area contributed by atoms with Gasteiger partial charge in [-0.2, -0.15) is 0 Å². The highest BCUT2D eigenvalue weighted by Gasteiger charge is 2.03. The molecule has 88 valence electrons. The first-order valence-electron chi connectivity index (χ1n) is 5.84. The van der Waals surface area contributed by atoms with Gasteiger partial charge in [-0.15, -0.1) is 0 Å². The van der Waals surface area contributed by atoms with Gasteiger partial charge in [0.25, 0.3) is 0 Å². The summed E-state index contributed by atoms with van der Waals surface area (Å²) in [6.07, 6.45) is 3.74. The molecule has 16 heavy (non-hydrogen) atoms. The van der Waals surface area contributed by atoms with E-state index in [2.05, 4.69) is 36.0 Å². The van der Waals surface area contributed by atoms with E-state index in [0.717, 1.165) is 31.5 Å². The molecular weight excluding hydrogens is 200 g/mol. The summed E-state index contributed by atoms with van der Waals surface area (Å²) in [7, 11) is 0. The van der Waals surface area contributed by atoms with Crippen molar-refractivity contribution >= 4 is 11.9 Å². The first-order valence-corrected chi connectivity index (χ1v) is 5.84. The Morgan fingerprint density at radius 2 is 1.69 bits per heavy atom. The van der Waals surface area contributed by atoms with Crippen LogP contribution in [0.15, 0.2) is 29.4 Å². The van der Waals surface area contributed by atoms with Crippen LogP contribution in [0.25, 0.3) is 0 Å². The molecule has 0 aromatic heterocycles. The summed E-state index contributed by atoms with van der Waals surface area (Å²) in [5.41, 5.74) is 2.15. The van der Waals surface area contributed by atoms with Crippen molar-refractivity contribution in [1.29, 1.82) is 0 Å². The summed E-state index contributed by atoms with van der Waals surface area (Å²) in [6.45, 7) is 6.55. The summed E-state index contributed by atoms with van der Waals surface area (Å²) in [6, 6.07) is 8.07. The smallest absolute Gasteiger partial charge is 0.0733 e. The number of anilines is 1. The summed E-state index contributed by atoms with van der Waals surface area (Å²) in [4.78, 5) is 2.37. The molecule has 0 spiro atoms. The van der Waals surface area contributed by atoms with Crippen LogP contribution in [0.4, 0.5) is 5.69 Å². The molecule has 0 saturated carbocycles. The highest BCUT2D eigenvalue weighted by molar-refractivity contribution is 5.79. The highest BCUT2D eigenvalue weighted by Crippen LogP contribution is 2.15. The average Bonchev–Trinajstić information content (AvgIpc) is 2.30. The molecular formula is C13H20N2O. The van der Waals surface area contributed by atoms with Crippen LogP contribution in [0, 0.1) is 0 Å². The van der Waals surface area contributed by atoms with Crippen LogP contribution in [0.2, 0.25) is 0 Å². The number of hydrogen-bond acceptors (Lipinski definition) is 3. The number of rotatable bonds is 6. The predicted molar refractivity (Wildman–Crippen MR) is 68.6 cm³/mol. The SMILES string of the molecule is CCCN(CCC)c1ccc(/C=N/O)cc1. The zero-order chi connectivity index (χ0) is 11.8. The highest BCUT2D eigenvalue weighted by atomic mass is 16.4. The minimum atomic E-state index is 0.916. The van der Waals surface area contributed by atoms with Gasteiger partial charge in [-0.25, -0.2) is 0 Å². The molecule has 0 radical (unpaired) electrons. The van der Waals surface area contributed by atoms with Crippen molar-refractivity contribution in [3.8, 4) is 0 Å². The summed E-state index contributed by atoms with van der Waals surface area (Å²) >= 11 is 0. The van der Waals surface area contributed by atoms with Crippen molar-refractivity contribution in [1.82, 2.24) is 0 Å². The Bertz CT molecular complexity index is 313. The van der Waals surface area contributed by atoms with E-state index in [4.69, 9.17) is 5.21 Å². The molecule has 0 fully saturated rings. The zero-order valence-electron chi connectivity index (χ0n) is 10.1. The van der Waals surface area contributed by atoms with Crippen LogP contribution in [-0.4, -0.2) is 24.5 Å². The minimum Gasteiger partial charge on any atom is -0.411 e. The number of oxime groups is 1. The van der Waals surface area contributed by atoms with Crippen LogP contribution < -0.4 is 4.90 Å². The summed E-state index contributed by atoms with van der Waals surface area (Å²) < 4.78 is 0. The van der Waals surface area contributed by atoms with E-state index in [1.165, 1.54) is 11.9 Å². The molecule has 1 rings (SSSR count). The standard InChI is InChI=1S/C13H20N2O/c1-3-9-15(10-4-2)13-7-5-12(6-8-13)11-14-16/h5-8,11,16H,3-4,9-10H2,1-2H3/b14-11+. The van der Waals surface area contributed by atoms with Gasteiger partial charge in [-0.3, -0.25) is 0 Å². The van der Waals surface area contributed by atoms with Gasteiger partial charge in [0.15, 0.2) is 0 Å². The number of benzene rings is 1. The third-order valence-electron chi connectivity index (χ3n) is 2.45. The average molecular weight is 220 g/mol. The van der Waals surface area contributed by atoms with Gasteiger partial charge in [0.2, 0.25) is 0 Å². The Balaban J connectivity index is 2.76. The molecule has 0 amide bonds. The first-order chi connectivity index (χ1) is 7.81. The maximum absolute atomic E-state index is 8.43. The Labute approximate surface area is 97.4 Å². The van der Waals surface area contributed by atoms with Crippen LogP contribution >= 0.6 is 0 Å². The molecule has 3 heteroatoms. The minimum absolute atomic E-state index is 0.916. The monoisotopic (exact) mass is 220 g/mol. The number of hydrogen-bond donors (Lipinski definition) is 1. The van der Waals surface area contributed by atoms with Crippen molar-refractivity contribution in [3.63, 3.8) is 0 Å². The Kier molecular flexibility index (Phi) is 5.40. The van der Waals surface area contributed by atoms with E-state index in [-0.39, 0.29) is 0 Å². The fourth-order valence-corrected chi connectivity index (χ4v) is 1.75. The maximum atomic E-state index is 8.43. The third-order valence-corrected chi connectivity index (χ3v) is 2.45. The summed E-state index contributed by atoms with van der Waals surface area (Å²) in [5, 5.41) is 11.4. The van der Waals surface area contributed by atoms with E-state index in [0.29, 0.717) is 0 Å². The predicted octanol–water partition coefficient (Wildman–Crippen LogP) is 3.12. The van der Waals surface area contributed by atoms with Gasteiger partial charge in [0, 0.05) is 18.8 Å². The van der Waals surface area contributed by atoms with Gasteiger partial charge < -0.3 is 10.1 Å². The lowest BCUT2D eigenvalue weighted by molar-refractivity contribution is 0.322. The molecule has 0 aliphatic carbocycles. The van der Waals surface area contributed by atoms with Gasteiger partial charge in [0.1, 0.15) is 0 Å². The molecule has 3 nitrogen and oxygen atoms in total. The fraction of sp³-hybridized carbons (Fsp3) is 0.462. The lowest BCUT2D eigenvalue weighted by Gasteiger charge is -2.23. The molecule has 1 aromatic rings. The lowest BCUT2D eigenvalue weighted by Crippen LogP contribution is -2.24. The van der Waals surface area contributed by atoms with E-state index in [1.807, 2.05) is 12.1 Å². The fourth-order valence-electron chi connectivity index (χ4n) is 1.75. The zero-order valence-corrected chi connectivity index (χ0v) is 10.1. The van der Waals surface area contributed by atoms with Crippen molar-refractivity contribution < 1.29 is 5.21 Å². The molecule has 0 aliphatic rings. The van der Waals surface area contributed by atoms with Gasteiger partial charge in [0.05, 0.1) is 6.21 Å². The van der Waals surface area contributed by atoms with Crippen molar-refractivity contribution in [2.75, 3.05) is 18.0 Å². The molecule has 0 aliphatic heterocycles. The van der Waals surface area contributed by atoms with Crippen molar-refractivity contribution in [3.05, 3.63) is 29.8 Å².